The molecule has 1 amide bonds. The van der Waals surface area contributed by atoms with Crippen molar-refractivity contribution in [2.45, 2.75) is 58.1 Å². The summed E-state index contributed by atoms with van der Waals surface area (Å²) in [4.78, 5) is 11.5. The zero-order valence-electron chi connectivity index (χ0n) is 12.5. The first kappa shape index (κ1) is 18.1. The molecule has 1 saturated carbocycles. The van der Waals surface area contributed by atoms with E-state index < -0.39 is 27.9 Å². The molecular weight excluding hydrogens is 314 g/mol. The molecule has 0 unspecified atom stereocenters. The SMILES string of the molecule is CC1CCC(NS(=O)(=O)NC(=O)OC(C)C)(C(N)=S)CC1. The van der Waals surface area contributed by atoms with Crippen molar-refractivity contribution in [2.24, 2.45) is 11.7 Å². The van der Waals surface area contributed by atoms with Gasteiger partial charge in [0.25, 0.3) is 0 Å². The van der Waals surface area contributed by atoms with Crippen LogP contribution in [0.1, 0.15) is 46.5 Å². The molecule has 7 nitrogen and oxygen atoms in total. The summed E-state index contributed by atoms with van der Waals surface area (Å²) in [6.07, 6.45) is 1.22. The van der Waals surface area contributed by atoms with Crippen molar-refractivity contribution in [3.8, 4) is 0 Å². The fourth-order valence-electron chi connectivity index (χ4n) is 2.28. The summed E-state index contributed by atoms with van der Waals surface area (Å²) in [5.41, 5.74) is 4.75. The number of carbonyl (C=O) groups excluding carboxylic acids is 1. The highest BCUT2D eigenvalue weighted by atomic mass is 32.2. The number of hydrogen-bond acceptors (Lipinski definition) is 5. The predicted molar refractivity (Wildman–Crippen MR) is 84.0 cm³/mol. The van der Waals surface area contributed by atoms with E-state index in [1.165, 1.54) is 0 Å². The van der Waals surface area contributed by atoms with Crippen LogP contribution < -0.4 is 15.2 Å². The molecule has 0 heterocycles. The van der Waals surface area contributed by atoms with Crippen LogP contribution in [0.25, 0.3) is 0 Å². The van der Waals surface area contributed by atoms with Crippen LogP contribution in [0.15, 0.2) is 0 Å². The van der Waals surface area contributed by atoms with Gasteiger partial charge in [-0.25, -0.2) is 9.52 Å². The Labute approximate surface area is 131 Å². The van der Waals surface area contributed by atoms with Gasteiger partial charge >= 0.3 is 16.3 Å². The van der Waals surface area contributed by atoms with Crippen LogP contribution in [0, 0.1) is 5.92 Å². The number of rotatable bonds is 5. The van der Waals surface area contributed by atoms with Crippen molar-refractivity contribution in [3.63, 3.8) is 0 Å². The van der Waals surface area contributed by atoms with Crippen molar-refractivity contribution in [3.05, 3.63) is 0 Å². The Bertz CT molecular complexity index is 497. The van der Waals surface area contributed by atoms with E-state index in [0.717, 1.165) is 12.8 Å². The van der Waals surface area contributed by atoms with Crippen molar-refractivity contribution in [2.75, 3.05) is 0 Å². The number of amides is 1. The molecule has 0 radical (unpaired) electrons. The van der Waals surface area contributed by atoms with Crippen LogP contribution in [0.4, 0.5) is 4.79 Å². The fraction of sp³-hybridized carbons (Fsp3) is 0.833. The summed E-state index contributed by atoms with van der Waals surface area (Å²) in [5.74, 6) is 0.496. The van der Waals surface area contributed by atoms with Crippen LogP contribution in [0.5, 0.6) is 0 Å². The topological polar surface area (TPSA) is 111 Å². The second-order valence-electron chi connectivity index (χ2n) is 5.79. The average molecular weight is 337 g/mol. The Morgan fingerprint density at radius 2 is 1.90 bits per heavy atom. The minimum atomic E-state index is -4.09. The lowest BCUT2D eigenvalue weighted by Gasteiger charge is -2.38. The van der Waals surface area contributed by atoms with E-state index in [1.807, 2.05) is 4.72 Å². The Morgan fingerprint density at radius 1 is 1.38 bits per heavy atom. The van der Waals surface area contributed by atoms with E-state index in [4.69, 9.17) is 22.7 Å². The van der Waals surface area contributed by atoms with Gasteiger partial charge in [0.05, 0.1) is 16.6 Å². The van der Waals surface area contributed by atoms with E-state index in [1.54, 1.807) is 13.8 Å². The van der Waals surface area contributed by atoms with Crippen LogP contribution in [-0.2, 0) is 14.9 Å². The maximum absolute atomic E-state index is 12.0. The molecule has 122 valence electrons. The van der Waals surface area contributed by atoms with Crippen LogP contribution in [0.2, 0.25) is 0 Å². The van der Waals surface area contributed by atoms with Crippen LogP contribution in [-0.4, -0.2) is 31.1 Å². The van der Waals surface area contributed by atoms with Gasteiger partial charge in [-0.3, -0.25) is 0 Å². The third kappa shape index (κ3) is 5.40. The second kappa shape index (κ2) is 6.89. The van der Waals surface area contributed by atoms with Crippen LogP contribution >= 0.6 is 12.2 Å². The highest BCUT2D eigenvalue weighted by molar-refractivity contribution is 7.88. The second-order valence-corrected chi connectivity index (χ2v) is 7.65. The summed E-state index contributed by atoms with van der Waals surface area (Å²) in [5, 5.41) is 0. The minimum absolute atomic E-state index is 0.0944. The quantitative estimate of drug-likeness (QED) is 0.650. The summed E-state index contributed by atoms with van der Waals surface area (Å²) >= 11 is 5.02. The third-order valence-electron chi connectivity index (χ3n) is 3.49. The Hall–Kier alpha value is -0.930. The molecule has 1 rings (SSSR count). The van der Waals surface area contributed by atoms with Gasteiger partial charge in [-0.1, -0.05) is 19.1 Å². The molecule has 1 fully saturated rings. The molecular formula is C12H23N3O4S2. The Morgan fingerprint density at radius 3 is 2.33 bits per heavy atom. The Kier molecular flexibility index (Phi) is 5.94. The molecule has 4 N–H and O–H groups in total. The standard InChI is InChI=1S/C12H23N3O4S2/c1-8(2)19-11(16)14-21(17,18)15-12(10(13)20)6-4-9(3)5-7-12/h8-9,15H,4-7H2,1-3H3,(H2,13,20)(H,14,16). The number of thiocarbonyl (C=S) groups is 1. The van der Waals surface area contributed by atoms with E-state index in [0.29, 0.717) is 18.8 Å². The van der Waals surface area contributed by atoms with Crippen molar-refractivity contribution in [1.82, 2.24) is 9.44 Å². The summed E-state index contributed by atoms with van der Waals surface area (Å²) < 4.78 is 33.1. The van der Waals surface area contributed by atoms with Crippen molar-refractivity contribution < 1.29 is 17.9 Å². The number of nitrogens with one attached hydrogen (secondary N) is 2. The molecule has 0 bridgehead atoms. The number of carbonyl (C=O) groups is 1. The average Bonchev–Trinajstić information content (AvgIpc) is 2.29. The number of hydrogen-bond donors (Lipinski definition) is 3. The molecule has 0 spiro atoms. The molecule has 0 aromatic heterocycles. The largest absolute Gasteiger partial charge is 0.446 e. The van der Waals surface area contributed by atoms with Crippen LogP contribution in [0.3, 0.4) is 0 Å². The minimum Gasteiger partial charge on any atom is -0.446 e. The fourth-order valence-corrected chi connectivity index (χ4v) is 3.75. The molecule has 0 saturated heterocycles. The van der Waals surface area contributed by atoms with Crippen molar-refractivity contribution in [1.29, 1.82) is 0 Å². The molecule has 0 atom stereocenters. The van der Waals surface area contributed by atoms with E-state index in [-0.39, 0.29) is 4.99 Å². The maximum Gasteiger partial charge on any atom is 0.422 e. The van der Waals surface area contributed by atoms with Crippen molar-refractivity contribution >= 4 is 33.5 Å². The van der Waals surface area contributed by atoms with Gasteiger partial charge in [0.2, 0.25) is 0 Å². The third-order valence-corrected chi connectivity index (χ3v) is 4.98. The van der Waals surface area contributed by atoms with Gasteiger partial charge in [0, 0.05) is 0 Å². The van der Waals surface area contributed by atoms with E-state index in [9.17, 15) is 13.2 Å². The van der Waals surface area contributed by atoms with Gasteiger partial charge in [-0.2, -0.15) is 13.1 Å². The first-order valence-corrected chi connectivity index (χ1v) is 8.78. The lowest BCUT2D eigenvalue weighted by atomic mass is 9.78. The highest BCUT2D eigenvalue weighted by Crippen LogP contribution is 2.32. The molecule has 1 aliphatic carbocycles. The monoisotopic (exact) mass is 337 g/mol. The van der Waals surface area contributed by atoms with E-state index in [2.05, 4.69) is 11.6 Å². The summed E-state index contributed by atoms with van der Waals surface area (Å²) in [6.45, 7) is 5.34. The maximum atomic E-state index is 12.0. The first-order valence-electron chi connectivity index (χ1n) is 6.88. The molecule has 9 heteroatoms. The molecule has 0 aromatic rings. The van der Waals surface area contributed by atoms with Gasteiger partial charge < -0.3 is 10.5 Å². The predicted octanol–water partition coefficient (Wildman–Crippen LogP) is 1.19. The van der Waals surface area contributed by atoms with Gasteiger partial charge in [-0.05, 0) is 45.4 Å². The smallest absolute Gasteiger partial charge is 0.422 e. The normalized spacial score (nSPS) is 26.4. The number of nitrogens with two attached hydrogens (primary N) is 1. The first-order chi connectivity index (χ1) is 9.56. The van der Waals surface area contributed by atoms with Gasteiger partial charge in [0.1, 0.15) is 0 Å². The Balaban J connectivity index is 2.79. The lowest BCUT2D eigenvalue weighted by molar-refractivity contribution is 0.121. The highest BCUT2D eigenvalue weighted by Gasteiger charge is 2.40. The number of ether oxygens (including phenoxy) is 1. The molecule has 0 aromatic carbocycles. The molecule has 0 aliphatic heterocycles. The lowest BCUT2D eigenvalue weighted by Crippen LogP contribution is -2.60. The summed E-state index contributed by atoms with van der Waals surface area (Å²) in [6, 6.07) is 0. The molecule has 1 aliphatic rings. The zero-order valence-corrected chi connectivity index (χ0v) is 14.1. The molecule has 21 heavy (non-hydrogen) atoms. The summed E-state index contributed by atoms with van der Waals surface area (Å²) in [7, 11) is -4.09. The van der Waals surface area contributed by atoms with Gasteiger partial charge in [-0.15, -0.1) is 0 Å². The van der Waals surface area contributed by atoms with Gasteiger partial charge in [0.15, 0.2) is 0 Å². The zero-order chi connectivity index (χ0) is 16.3. The van der Waals surface area contributed by atoms with E-state index >= 15 is 0 Å².